The summed E-state index contributed by atoms with van der Waals surface area (Å²) in [6, 6.07) is -0.846. The Hall–Kier alpha value is -0.940. The van der Waals surface area contributed by atoms with E-state index in [1.807, 2.05) is 0 Å². The molecule has 0 aromatic rings. The van der Waals surface area contributed by atoms with Gasteiger partial charge in [0.25, 0.3) is 0 Å². The Balaban J connectivity index is 3.81. The fraction of sp³-hybridized carbons (Fsp3) is 0.600. The van der Waals surface area contributed by atoms with Gasteiger partial charge in [-0.1, -0.05) is 0 Å². The van der Waals surface area contributed by atoms with Crippen molar-refractivity contribution in [3.8, 4) is 0 Å². The van der Waals surface area contributed by atoms with E-state index in [1.165, 1.54) is 6.92 Å². The van der Waals surface area contributed by atoms with E-state index in [4.69, 9.17) is 21.7 Å². The standard InChI is InChI=1S/C5H11N3O2/c1-3(9)4(7)5(8)10-2-6/h2-4,6,8-9H,7H2,1H3. The third-order valence-corrected chi connectivity index (χ3v) is 1.01. The molecular formula is C5H11N3O2. The first-order valence-electron chi connectivity index (χ1n) is 2.77. The molecule has 0 bridgehead atoms. The van der Waals surface area contributed by atoms with Crippen LogP contribution in [-0.4, -0.2) is 29.6 Å². The number of rotatable bonds is 3. The first kappa shape index (κ1) is 9.06. The predicted octanol–water partition coefficient (Wildman–Crippen LogP) is -0.705. The average molecular weight is 145 g/mol. The molecule has 0 amide bonds. The highest BCUT2D eigenvalue weighted by Gasteiger charge is 2.15. The number of ether oxygens (including phenoxy) is 1. The molecule has 58 valence electrons. The van der Waals surface area contributed by atoms with Crippen LogP contribution >= 0.6 is 0 Å². The largest absolute Gasteiger partial charge is 0.431 e. The van der Waals surface area contributed by atoms with Gasteiger partial charge in [-0.15, -0.1) is 0 Å². The van der Waals surface area contributed by atoms with Gasteiger partial charge in [-0.2, -0.15) is 0 Å². The Morgan fingerprint density at radius 1 is 1.80 bits per heavy atom. The van der Waals surface area contributed by atoms with Crippen molar-refractivity contribution in [3.63, 3.8) is 0 Å². The molecule has 2 unspecified atom stereocenters. The van der Waals surface area contributed by atoms with E-state index in [0.717, 1.165) is 0 Å². The van der Waals surface area contributed by atoms with Gasteiger partial charge in [0.15, 0.2) is 6.40 Å². The van der Waals surface area contributed by atoms with E-state index in [1.54, 1.807) is 0 Å². The Bertz CT molecular complexity index is 135. The maximum absolute atomic E-state index is 8.80. The van der Waals surface area contributed by atoms with Crippen LogP contribution in [0.5, 0.6) is 0 Å². The van der Waals surface area contributed by atoms with Crippen molar-refractivity contribution in [2.24, 2.45) is 5.73 Å². The normalized spacial score (nSPS) is 15.5. The molecule has 0 aliphatic heterocycles. The van der Waals surface area contributed by atoms with Crippen LogP contribution in [-0.2, 0) is 4.74 Å². The lowest BCUT2D eigenvalue weighted by Gasteiger charge is -2.13. The summed E-state index contributed by atoms with van der Waals surface area (Å²) in [7, 11) is 0. The van der Waals surface area contributed by atoms with Crippen molar-refractivity contribution in [1.82, 2.24) is 0 Å². The zero-order chi connectivity index (χ0) is 8.15. The molecule has 0 saturated carbocycles. The van der Waals surface area contributed by atoms with E-state index in [2.05, 4.69) is 4.74 Å². The summed E-state index contributed by atoms with van der Waals surface area (Å²) in [6.07, 6.45) is -0.225. The van der Waals surface area contributed by atoms with Gasteiger partial charge < -0.3 is 15.6 Å². The van der Waals surface area contributed by atoms with Crippen LogP contribution in [0.1, 0.15) is 6.92 Å². The lowest BCUT2D eigenvalue weighted by atomic mass is 10.2. The van der Waals surface area contributed by atoms with Crippen molar-refractivity contribution in [1.29, 1.82) is 10.8 Å². The number of nitrogens with one attached hydrogen (secondary N) is 2. The van der Waals surface area contributed by atoms with Crippen LogP contribution in [0.3, 0.4) is 0 Å². The van der Waals surface area contributed by atoms with Gasteiger partial charge in [0.05, 0.1) is 6.10 Å². The van der Waals surface area contributed by atoms with E-state index >= 15 is 0 Å². The number of nitrogens with two attached hydrogens (primary N) is 1. The summed E-state index contributed by atoms with van der Waals surface area (Å²) in [6.45, 7) is 1.45. The molecular weight excluding hydrogens is 134 g/mol. The van der Waals surface area contributed by atoms with Crippen LogP contribution in [0, 0.1) is 10.8 Å². The van der Waals surface area contributed by atoms with Gasteiger partial charge >= 0.3 is 0 Å². The van der Waals surface area contributed by atoms with E-state index < -0.39 is 12.1 Å². The summed E-state index contributed by atoms with van der Waals surface area (Å²) in [5, 5.41) is 22.2. The number of hydrogen-bond acceptors (Lipinski definition) is 5. The third kappa shape index (κ3) is 2.56. The van der Waals surface area contributed by atoms with Crippen molar-refractivity contribution >= 4 is 12.3 Å². The molecule has 0 saturated heterocycles. The molecule has 5 nitrogen and oxygen atoms in total. The summed E-state index contributed by atoms with van der Waals surface area (Å²) in [4.78, 5) is 0. The molecule has 10 heavy (non-hydrogen) atoms. The quantitative estimate of drug-likeness (QED) is 0.311. The first-order chi connectivity index (χ1) is 4.59. The van der Waals surface area contributed by atoms with E-state index in [0.29, 0.717) is 6.40 Å². The molecule has 5 heteroatoms. The molecule has 0 aliphatic carbocycles. The van der Waals surface area contributed by atoms with Gasteiger partial charge in [0, 0.05) is 0 Å². The van der Waals surface area contributed by atoms with Gasteiger partial charge in [0.1, 0.15) is 6.04 Å². The smallest absolute Gasteiger partial charge is 0.208 e. The van der Waals surface area contributed by atoms with Gasteiger partial charge in [-0.05, 0) is 6.92 Å². The molecule has 0 spiro atoms. The lowest BCUT2D eigenvalue weighted by molar-refractivity contribution is 0.179. The van der Waals surface area contributed by atoms with Gasteiger partial charge in [-0.25, -0.2) is 0 Å². The molecule has 0 heterocycles. The minimum atomic E-state index is -0.846. The highest BCUT2D eigenvalue weighted by atomic mass is 16.5. The van der Waals surface area contributed by atoms with Crippen LogP contribution < -0.4 is 5.73 Å². The molecule has 0 aromatic carbocycles. The summed E-state index contributed by atoms with van der Waals surface area (Å²) < 4.78 is 4.30. The highest BCUT2D eigenvalue weighted by molar-refractivity contribution is 5.84. The molecule has 0 rings (SSSR count). The summed E-state index contributed by atoms with van der Waals surface area (Å²) >= 11 is 0. The fourth-order valence-corrected chi connectivity index (χ4v) is 0.361. The van der Waals surface area contributed by atoms with Crippen LogP contribution in [0.25, 0.3) is 0 Å². The second kappa shape index (κ2) is 3.97. The first-order valence-corrected chi connectivity index (χ1v) is 2.77. The topological polar surface area (TPSA) is 103 Å². The Kier molecular flexibility index (Phi) is 3.60. The van der Waals surface area contributed by atoms with Crippen LogP contribution in [0.4, 0.5) is 0 Å². The molecule has 0 fully saturated rings. The van der Waals surface area contributed by atoms with E-state index in [-0.39, 0.29) is 5.90 Å². The fourth-order valence-electron chi connectivity index (χ4n) is 0.361. The Labute approximate surface area is 58.8 Å². The zero-order valence-electron chi connectivity index (χ0n) is 5.66. The second-order valence-electron chi connectivity index (χ2n) is 1.87. The highest BCUT2D eigenvalue weighted by Crippen LogP contribution is 1.90. The van der Waals surface area contributed by atoms with Crippen molar-refractivity contribution < 1.29 is 9.84 Å². The predicted molar refractivity (Wildman–Crippen MR) is 37.3 cm³/mol. The maximum atomic E-state index is 8.80. The minimum Gasteiger partial charge on any atom is -0.431 e. The van der Waals surface area contributed by atoms with Crippen molar-refractivity contribution in [2.45, 2.75) is 19.1 Å². The summed E-state index contributed by atoms with van der Waals surface area (Å²) in [5.74, 6) is -0.301. The Morgan fingerprint density at radius 2 is 2.30 bits per heavy atom. The third-order valence-electron chi connectivity index (χ3n) is 1.01. The molecule has 0 radical (unpaired) electrons. The minimum absolute atomic E-state index is 0.301. The van der Waals surface area contributed by atoms with Gasteiger partial charge in [0.2, 0.25) is 5.90 Å². The second-order valence-corrected chi connectivity index (χ2v) is 1.87. The molecule has 5 N–H and O–H groups in total. The molecule has 0 aromatic heterocycles. The van der Waals surface area contributed by atoms with Crippen molar-refractivity contribution in [2.75, 3.05) is 0 Å². The SMILES string of the molecule is CC(O)C(N)C(=N)OC=N. The molecule has 0 aliphatic rings. The van der Waals surface area contributed by atoms with Crippen LogP contribution in [0.15, 0.2) is 0 Å². The monoisotopic (exact) mass is 145 g/mol. The summed E-state index contributed by atoms with van der Waals surface area (Å²) in [5.41, 5.74) is 5.24. The lowest BCUT2D eigenvalue weighted by Crippen LogP contribution is -2.40. The van der Waals surface area contributed by atoms with Crippen LogP contribution in [0.2, 0.25) is 0 Å². The maximum Gasteiger partial charge on any atom is 0.208 e. The van der Waals surface area contributed by atoms with Crippen molar-refractivity contribution in [3.05, 3.63) is 0 Å². The van der Waals surface area contributed by atoms with E-state index in [9.17, 15) is 0 Å². The molecule has 2 atom stereocenters. The Morgan fingerprint density at radius 3 is 2.60 bits per heavy atom. The zero-order valence-corrected chi connectivity index (χ0v) is 5.66. The average Bonchev–Trinajstić information content (AvgIpc) is 1.87. The number of aliphatic hydroxyl groups is 1. The number of hydrogen-bond donors (Lipinski definition) is 4. The van der Waals surface area contributed by atoms with Gasteiger partial charge in [-0.3, -0.25) is 10.8 Å². The number of aliphatic hydroxyl groups excluding tert-OH is 1.